The van der Waals surface area contributed by atoms with Crippen LogP contribution < -0.4 is 5.32 Å². The smallest absolute Gasteiger partial charge is 0.0666 e. The van der Waals surface area contributed by atoms with Gasteiger partial charge in [0.2, 0.25) is 0 Å². The molecule has 0 radical (unpaired) electrons. The Morgan fingerprint density at radius 1 is 1.62 bits per heavy atom. The van der Waals surface area contributed by atoms with Gasteiger partial charge in [0.1, 0.15) is 0 Å². The minimum Gasteiger partial charge on any atom is -0.310 e. The molecule has 0 aliphatic carbocycles. The molecule has 0 saturated carbocycles. The van der Waals surface area contributed by atoms with E-state index in [0.717, 1.165) is 26.2 Å². The van der Waals surface area contributed by atoms with Crippen molar-refractivity contribution in [3.8, 4) is 0 Å². The maximum atomic E-state index is 3.79. The first-order valence-electron chi connectivity index (χ1n) is 4.48. The maximum Gasteiger partial charge on any atom is 0.0666 e. The van der Waals surface area contributed by atoms with Gasteiger partial charge < -0.3 is 10.2 Å². The molecule has 0 saturated heterocycles. The van der Waals surface area contributed by atoms with Gasteiger partial charge in [-0.2, -0.15) is 0 Å². The van der Waals surface area contributed by atoms with Crippen LogP contribution in [0.1, 0.15) is 11.8 Å². The molecule has 0 aromatic carbocycles. The average Bonchev–Trinajstić information content (AvgIpc) is 2.64. The molecule has 13 heavy (non-hydrogen) atoms. The lowest BCUT2D eigenvalue weighted by molar-refractivity contribution is 0.349. The first kappa shape index (κ1) is 10.6. The molecule has 1 N–H and O–H groups in total. The molecule has 74 valence electrons. The van der Waals surface area contributed by atoms with Crippen molar-refractivity contribution in [2.45, 2.75) is 13.5 Å². The van der Waals surface area contributed by atoms with Gasteiger partial charge in [-0.15, -0.1) is 5.10 Å². The van der Waals surface area contributed by atoms with Crippen LogP contribution in [0, 0.1) is 0 Å². The van der Waals surface area contributed by atoms with Crippen LogP contribution in [0.5, 0.6) is 0 Å². The second-order valence-corrected chi connectivity index (χ2v) is 3.83. The van der Waals surface area contributed by atoms with Crippen LogP contribution in [-0.2, 0) is 6.54 Å². The maximum absolute atomic E-state index is 3.79. The molecule has 0 spiro atoms. The van der Waals surface area contributed by atoms with E-state index in [2.05, 4.69) is 33.8 Å². The quantitative estimate of drug-likeness (QED) is 0.682. The van der Waals surface area contributed by atoms with E-state index in [-0.39, 0.29) is 0 Å². The van der Waals surface area contributed by atoms with Gasteiger partial charge in [0.25, 0.3) is 0 Å². The molecule has 5 heteroatoms. The van der Waals surface area contributed by atoms with Crippen molar-refractivity contribution in [2.24, 2.45) is 0 Å². The van der Waals surface area contributed by atoms with Crippen LogP contribution in [0.4, 0.5) is 0 Å². The Morgan fingerprint density at radius 3 is 3.08 bits per heavy atom. The molecule has 4 nitrogen and oxygen atoms in total. The van der Waals surface area contributed by atoms with E-state index in [1.54, 1.807) is 6.20 Å². The molecule has 0 fully saturated rings. The second-order valence-electron chi connectivity index (χ2n) is 2.96. The summed E-state index contributed by atoms with van der Waals surface area (Å²) in [5.41, 5.74) is 0. The topological polar surface area (TPSA) is 41.0 Å². The van der Waals surface area contributed by atoms with Gasteiger partial charge in [-0.05, 0) is 25.1 Å². The van der Waals surface area contributed by atoms with Gasteiger partial charge in [0.05, 0.1) is 11.1 Å². The molecule has 0 aliphatic heterocycles. The summed E-state index contributed by atoms with van der Waals surface area (Å²) in [4.78, 5) is 3.47. The zero-order valence-corrected chi connectivity index (χ0v) is 8.97. The van der Waals surface area contributed by atoms with Crippen LogP contribution in [0.2, 0.25) is 0 Å². The van der Waals surface area contributed by atoms with Crippen molar-refractivity contribution in [3.05, 3.63) is 11.1 Å². The fourth-order valence-corrected chi connectivity index (χ4v) is 1.37. The summed E-state index contributed by atoms with van der Waals surface area (Å²) in [6.07, 6.45) is 1.81. The summed E-state index contributed by atoms with van der Waals surface area (Å²) in [5, 5.41) is 7.11. The molecule has 0 amide bonds. The summed E-state index contributed by atoms with van der Waals surface area (Å²) < 4.78 is 3.79. The summed E-state index contributed by atoms with van der Waals surface area (Å²) >= 11 is 1.45. The Kier molecular flexibility index (Phi) is 4.88. The van der Waals surface area contributed by atoms with E-state index in [1.807, 2.05) is 0 Å². The lowest BCUT2D eigenvalue weighted by Gasteiger charge is -2.13. The Morgan fingerprint density at radius 2 is 2.46 bits per heavy atom. The molecule has 1 heterocycles. The van der Waals surface area contributed by atoms with Crippen LogP contribution in [0.15, 0.2) is 6.20 Å². The first-order valence-corrected chi connectivity index (χ1v) is 5.25. The number of hydrogen-bond donors (Lipinski definition) is 1. The van der Waals surface area contributed by atoms with E-state index >= 15 is 0 Å². The Bertz CT molecular complexity index is 212. The van der Waals surface area contributed by atoms with Crippen molar-refractivity contribution >= 4 is 11.5 Å². The zero-order valence-electron chi connectivity index (χ0n) is 8.16. The van der Waals surface area contributed by atoms with Gasteiger partial charge >= 0.3 is 0 Å². The molecule has 0 atom stereocenters. The van der Waals surface area contributed by atoms with E-state index in [0.29, 0.717) is 0 Å². The van der Waals surface area contributed by atoms with Crippen LogP contribution >= 0.6 is 11.5 Å². The van der Waals surface area contributed by atoms with Crippen molar-refractivity contribution in [2.75, 3.05) is 26.7 Å². The van der Waals surface area contributed by atoms with E-state index in [9.17, 15) is 0 Å². The number of nitrogens with one attached hydrogen (secondary N) is 1. The highest BCUT2D eigenvalue weighted by molar-refractivity contribution is 7.05. The van der Waals surface area contributed by atoms with Gasteiger partial charge in [-0.25, -0.2) is 0 Å². The lowest BCUT2D eigenvalue weighted by Crippen LogP contribution is -2.28. The fourth-order valence-electron chi connectivity index (χ4n) is 0.905. The Hall–Kier alpha value is -0.520. The predicted molar refractivity (Wildman–Crippen MR) is 54.8 cm³/mol. The monoisotopic (exact) mass is 200 g/mol. The number of rotatable bonds is 6. The minimum atomic E-state index is 0.884. The SMILES string of the molecule is CCN(C)CCNCc1cnns1. The molecule has 1 aromatic rings. The molecular weight excluding hydrogens is 184 g/mol. The standard InChI is InChI=1S/C8H16N4S/c1-3-12(2)5-4-9-6-8-7-10-11-13-8/h7,9H,3-6H2,1-2H3. The van der Waals surface area contributed by atoms with Gasteiger partial charge in [0, 0.05) is 19.6 Å². The van der Waals surface area contributed by atoms with E-state index in [4.69, 9.17) is 0 Å². The Labute approximate surface area is 83.1 Å². The molecular formula is C8H16N4S. The first-order chi connectivity index (χ1) is 6.33. The molecule has 0 unspecified atom stereocenters. The third-order valence-electron chi connectivity index (χ3n) is 1.92. The molecule has 1 rings (SSSR count). The Balaban J connectivity index is 2.02. The average molecular weight is 200 g/mol. The van der Waals surface area contributed by atoms with E-state index in [1.165, 1.54) is 16.4 Å². The lowest BCUT2D eigenvalue weighted by atomic mass is 10.5. The summed E-state index contributed by atoms with van der Waals surface area (Å²) in [5.74, 6) is 0. The van der Waals surface area contributed by atoms with Crippen molar-refractivity contribution in [3.63, 3.8) is 0 Å². The highest BCUT2D eigenvalue weighted by Gasteiger charge is 1.96. The van der Waals surface area contributed by atoms with Crippen LogP contribution in [-0.4, -0.2) is 41.2 Å². The van der Waals surface area contributed by atoms with Crippen molar-refractivity contribution in [1.29, 1.82) is 0 Å². The third-order valence-corrected chi connectivity index (χ3v) is 2.58. The van der Waals surface area contributed by atoms with Crippen LogP contribution in [0.25, 0.3) is 0 Å². The number of likely N-dealkylation sites (N-methyl/N-ethyl adjacent to an activating group) is 1. The van der Waals surface area contributed by atoms with Gasteiger partial charge in [0.15, 0.2) is 0 Å². The summed E-state index contributed by atoms with van der Waals surface area (Å²) in [6, 6.07) is 0. The van der Waals surface area contributed by atoms with Crippen molar-refractivity contribution < 1.29 is 0 Å². The zero-order chi connectivity index (χ0) is 9.52. The summed E-state index contributed by atoms with van der Waals surface area (Å²) in [6.45, 7) is 6.25. The van der Waals surface area contributed by atoms with Gasteiger partial charge in [-0.1, -0.05) is 11.4 Å². The highest BCUT2D eigenvalue weighted by atomic mass is 32.1. The number of nitrogens with zero attached hydrogens (tertiary/aromatic N) is 3. The second kappa shape index (κ2) is 6.01. The normalized spacial score (nSPS) is 11.0. The largest absolute Gasteiger partial charge is 0.310 e. The molecule has 0 bridgehead atoms. The van der Waals surface area contributed by atoms with Gasteiger partial charge in [-0.3, -0.25) is 0 Å². The predicted octanol–water partition coefficient (Wildman–Crippen LogP) is 0.579. The molecule has 1 aromatic heterocycles. The fraction of sp³-hybridized carbons (Fsp3) is 0.750. The highest BCUT2D eigenvalue weighted by Crippen LogP contribution is 1.99. The number of hydrogen-bond acceptors (Lipinski definition) is 5. The van der Waals surface area contributed by atoms with E-state index < -0.39 is 0 Å². The van der Waals surface area contributed by atoms with Crippen molar-refractivity contribution in [1.82, 2.24) is 19.8 Å². The summed E-state index contributed by atoms with van der Waals surface area (Å²) in [7, 11) is 2.12. The number of aromatic nitrogens is 2. The molecule has 0 aliphatic rings. The minimum absolute atomic E-state index is 0.884. The van der Waals surface area contributed by atoms with Crippen LogP contribution in [0.3, 0.4) is 0 Å². The third kappa shape index (κ3) is 4.31.